The highest BCUT2D eigenvalue weighted by molar-refractivity contribution is 9.27. The first-order chi connectivity index (χ1) is 4.41. The fourth-order valence-corrected chi connectivity index (χ4v) is 1.56. The highest BCUT2D eigenvalue weighted by Gasteiger charge is 2.35. The van der Waals surface area contributed by atoms with Gasteiger partial charge in [-0.25, -0.2) is 0 Å². The van der Waals surface area contributed by atoms with Crippen molar-refractivity contribution in [2.45, 2.75) is 8.06 Å². The van der Waals surface area contributed by atoms with Crippen LogP contribution in [-0.2, 0) is 4.79 Å². The summed E-state index contributed by atoms with van der Waals surface area (Å²) in [5.41, 5.74) is 0. The molecule has 0 aromatic rings. The molecule has 2 nitrogen and oxygen atoms in total. The number of hydrogen-bond acceptors (Lipinski definition) is 1. The molecular weight excluding hydrogens is 400 g/mol. The van der Waals surface area contributed by atoms with Gasteiger partial charge in [0, 0.05) is 5.33 Å². The summed E-state index contributed by atoms with van der Waals surface area (Å²) in [6.07, 6.45) is 0. The zero-order valence-corrected chi connectivity index (χ0v) is 11.0. The van der Waals surface area contributed by atoms with Crippen molar-refractivity contribution in [2.75, 3.05) is 5.33 Å². The molecule has 0 bridgehead atoms. The molecule has 0 aromatic carbocycles. The van der Waals surface area contributed by atoms with Gasteiger partial charge in [0.2, 0.25) is 0 Å². The van der Waals surface area contributed by atoms with Gasteiger partial charge >= 0.3 is 5.97 Å². The van der Waals surface area contributed by atoms with E-state index in [4.69, 9.17) is 5.11 Å². The molecule has 0 spiro atoms. The van der Waals surface area contributed by atoms with Crippen LogP contribution in [0.2, 0.25) is 0 Å². The summed E-state index contributed by atoms with van der Waals surface area (Å²) in [6.45, 7) is 0. The molecule has 0 aliphatic heterocycles. The van der Waals surface area contributed by atoms with Crippen LogP contribution in [0.15, 0.2) is 0 Å². The Labute approximate surface area is 92.3 Å². The third-order valence-electron chi connectivity index (χ3n) is 0.766. The number of alkyl halides is 4. The van der Waals surface area contributed by atoms with E-state index in [0.717, 1.165) is 0 Å². The predicted molar refractivity (Wildman–Crippen MR) is 54.7 cm³/mol. The van der Waals surface area contributed by atoms with Crippen LogP contribution in [0, 0.1) is 0 Å². The van der Waals surface area contributed by atoms with Gasteiger partial charge < -0.3 is 5.11 Å². The third kappa shape index (κ3) is 3.19. The molecule has 1 unspecified atom stereocenters. The van der Waals surface area contributed by atoms with Crippen LogP contribution < -0.4 is 0 Å². The van der Waals surface area contributed by atoms with Crippen LogP contribution in [0.5, 0.6) is 0 Å². The molecule has 0 radical (unpaired) electrons. The van der Waals surface area contributed by atoms with E-state index >= 15 is 0 Å². The fraction of sp³-hybridized carbons (Fsp3) is 0.750. The second-order valence-corrected chi connectivity index (χ2v) is 6.97. The normalized spacial score (nSPS) is 14.8. The molecule has 0 saturated carbocycles. The van der Waals surface area contributed by atoms with Crippen molar-refractivity contribution in [3.8, 4) is 0 Å². The van der Waals surface area contributed by atoms with E-state index in [0.29, 0.717) is 5.33 Å². The van der Waals surface area contributed by atoms with Crippen molar-refractivity contribution < 1.29 is 9.90 Å². The number of carbonyl (C=O) groups is 1. The van der Waals surface area contributed by atoms with Gasteiger partial charge in [-0.15, -0.1) is 0 Å². The Hall–Kier alpha value is 1.39. The minimum Gasteiger partial charge on any atom is -0.480 e. The number of aliphatic carboxylic acids is 1. The molecule has 0 rings (SSSR count). The number of carboxylic acids is 1. The van der Waals surface area contributed by atoms with Crippen LogP contribution >= 0.6 is 63.7 Å². The molecule has 0 aromatic heterocycles. The smallest absolute Gasteiger partial charge is 0.319 e. The predicted octanol–water partition coefficient (Wildman–Crippen LogP) is 2.72. The van der Waals surface area contributed by atoms with Crippen molar-refractivity contribution in [2.24, 2.45) is 0 Å². The largest absolute Gasteiger partial charge is 0.480 e. The summed E-state index contributed by atoms with van der Waals surface area (Å²) in [7, 11) is 0. The quantitative estimate of drug-likeness (QED) is 0.736. The van der Waals surface area contributed by atoms with E-state index in [-0.39, 0.29) is 0 Å². The van der Waals surface area contributed by atoms with Crippen LogP contribution in [0.4, 0.5) is 0 Å². The van der Waals surface area contributed by atoms with Crippen molar-refractivity contribution in [3.05, 3.63) is 0 Å². The molecule has 0 amide bonds. The maximum absolute atomic E-state index is 10.4. The summed E-state index contributed by atoms with van der Waals surface area (Å²) in [4.78, 5) is 9.72. The van der Waals surface area contributed by atoms with Gasteiger partial charge in [0.25, 0.3) is 0 Å². The minimum atomic E-state index is -0.909. The van der Waals surface area contributed by atoms with Crippen LogP contribution in [-0.4, -0.2) is 24.5 Å². The average molecular weight is 404 g/mol. The molecule has 0 saturated heterocycles. The Kier molecular flexibility index (Phi) is 5.04. The van der Waals surface area contributed by atoms with Crippen molar-refractivity contribution in [1.29, 1.82) is 0 Å². The summed E-state index contributed by atoms with van der Waals surface area (Å²) >= 11 is 12.5. The lowest BCUT2D eigenvalue weighted by molar-refractivity contribution is -0.136. The van der Waals surface area contributed by atoms with E-state index < -0.39 is 14.0 Å². The van der Waals surface area contributed by atoms with Gasteiger partial charge in [0.05, 0.1) is 0 Å². The Morgan fingerprint density at radius 2 is 2.00 bits per heavy atom. The standard InChI is InChI=1S/C4H4Br4O2/c5-1-4(7,8)2(6)3(9)10/h2H,1H2,(H,9,10). The Bertz CT molecular complexity index is 135. The monoisotopic (exact) mass is 400 g/mol. The zero-order chi connectivity index (χ0) is 8.36. The minimum absolute atomic E-state index is 0.502. The lowest BCUT2D eigenvalue weighted by Gasteiger charge is -2.19. The molecular formula is C4H4Br4O2. The van der Waals surface area contributed by atoms with E-state index in [2.05, 4.69) is 63.7 Å². The Morgan fingerprint density at radius 1 is 1.60 bits per heavy atom. The van der Waals surface area contributed by atoms with Gasteiger partial charge in [-0.2, -0.15) is 0 Å². The number of hydrogen-bond donors (Lipinski definition) is 1. The van der Waals surface area contributed by atoms with Crippen molar-refractivity contribution in [1.82, 2.24) is 0 Å². The highest BCUT2D eigenvalue weighted by atomic mass is 79.9. The van der Waals surface area contributed by atoms with Crippen molar-refractivity contribution in [3.63, 3.8) is 0 Å². The van der Waals surface area contributed by atoms with E-state index in [1.54, 1.807) is 0 Å². The lowest BCUT2D eigenvalue weighted by atomic mass is 10.3. The van der Waals surface area contributed by atoms with Gasteiger partial charge in [0.1, 0.15) is 8.06 Å². The van der Waals surface area contributed by atoms with Crippen molar-refractivity contribution >= 4 is 69.7 Å². The van der Waals surface area contributed by atoms with Crippen LogP contribution in [0.1, 0.15) is 0 Å². The van der Waals surface area contributed by atoms with Gasteiger partial charge in [-0.1, -0.05) is 63.7 Å². The molecule has 60 valence electrons. The summed E-state index contributed by atoms with van der Waals surface area (Å²) < 4.78 is -0.619. The Balaban J connectivity index is 4.17. The molecule has 0 aliphatic rings. The molecule has 10 heavy (non-hydrogen) atoms. The van der Waals surface area contributed by atoms with E-state index in [1.807, 2.05) is 0 Å². The van der Waals surface area contributed by atoms with Crippen LogP contribution in [0.25, 0.3) is 0 Å². The fourth-order valence-electron chi connectivity index (χ4n) is 0.248. The molecule has 6 heteroatoms. The molecule has 0 heterocycles. The van der Waals surface area contributed by atoms with Crippen LogP contribution in [0.3, 0.4) is 0 Å². The second kappa shape index (κ2) is 4.42. The third-order valence-corrected chi connectivity index (χ3v) is 7.03. The average Bonchev–Trinajstić information content (AvgIpc) is 1.86. The topological polar surface area (TPSA) is 37.3 Å². The second-order valence-electron chi connectivity index (χ2n) is 1.60. The maximum Gasteiger partial charge on any atom is 0.319 e. The van der Waals surface area contributed by atoms with Gasteiger partial charge in [-0.3, -0.25) is 4.79 Å². The molecule has 1 N–H and O–H groups in total. The zero-order valence-electron chi connectivity index (χ0n) is 4.65. The SMILES string of the molecule is O=C(O)C(Br)C(Br)(Br)CBr. The lowest BCUT2D eigenvalue weighted by Crippen LogP contribution is -2.33. The van der Waals surface area contributed by atoms with Gasteiger partial charge in [0.15, 0.2) is 0 Å². The number of rotatable bonds is 3. The van der Waals surface area contributed by atoms with E-state index in [9.17, 15) is 4.79 Å². The Morgan fingerprint density at radius 3 is 2.10 bits per heavy atom. The molecule has 0 fully saturated rings. The van der Waals surface area contributed by atoms with E-state index in [1.165, 1.54) is 0 Å². The molecule has 1 atom stereocenters. The first kappa shape index (κ1) is 11.4. The molecule has 0 aliphatic carbocycles. The number of halogens is 4. The first-order valence-electron chi connectivity index (χ1n) is 2.22. The maximum atomic E-state index is 10.4. The summed E-state index contributed by atoms with van der Waals surface area (Å²) in [5, 5.41) is 9.02. The number of carboxylic acid groups (broad SMARTS) is 1. The summed E-state index contributed by atoms with van der Waals surface area (Å²) in [5.74, 6) is -0.909. The highest BCUT2D eigenvalue weighted by Crippen LogP contribution is 2.36. The van der Waals surface area contributed by atoms with Gasteiger partial charge in [-0.05, 0) is 0 Å². The summed E-state index contributed by atoms with van der Waals surface area (Å²) in [6, 6.07) is 0. The first-order valence-corrected chi connectivity index (χ1v) is 5.85.